The Balaban J connectivity index is 1.78. The Bertz CT molecular complexity index is 1200. The van der Waals surface area contributed by atoms with Crippen LogP contribution in [-0.2, 0) is 9.84 Å². The quantitative estimate of drug-likeness (QED) is 0.580. The third-order valence-electron chi connectivity index (χ3n) is 5.75. The molecule has 32 heavy (non-hydrogen) atoms. The molecular formula is C22H25F3N4O2S. The number of nitrogens with zero attached hydrogens (tertiary/aromatic N) is 3. The first-order valence-electron chi connectivity index (χ1n) is 10.3. The molecule has 2 aromatic heterocycles. The molecule has 1 N–H and O–H groups in total. The largest absolute Gasteiger partial charge is 0.382 e. The van der Waals surface area contributed by atoms with Crippen molar-refractivity contribution in [2.24, 2.45) is 0 Å². The lowest BCUT2D eigenvalue weighted by atomic mass is 10.1. The number of rotatable bonds is 6. The Hall–Kier alpha value is -2.75. The van der Waals surface area contributed by atoms with Crippen molar-refractivity contribution < 1.29 is 21.6 Å². The molecule has 6 nitrogen and oxygen atoms in total. The second kappa shape index (κ2) is 8.65. The first-order chi connectivity index (χ1) is 15.2. The summed E-state index contributed by atoms with van der Waals surface area (Å²) in [5.41, 5.74) is 1.81. The van der Waals surface area contributed by atoms with Gasteiger partial charge in [0.15, 0.2) is 0 Å². The molecule has 1 saturated heterocycles. The van der Waals surface area contributed by atoms with Gasteiger partial charge in [-0.2, -0.15) is 0 Å². The van der Waals surface area contributed by atoms with Crippen LogP contribution >= 0.6 is 0 Å². The molecule has 1 unspecified atom stereocenters. The van der Waals surface area contributed by atoms with E-state index in [0.717, 1.165) is 4.57 Å². The molecule has 0 aliphatic carbocycles. The van der Waals surface area contributed by atoms with Gasteiger partial charge >= 0.3 is 0 Å². The molecule has 3 aromatic rings. The van der Waals surface area contributed by atoms with Crippen molar-refractivity contribution in [1.82, 2.24) is 9.55 Å². The Kier molecular flexibility index (Phi) is 6.07. The highest BCUT2D eigenvalue weighted by Gasteiger charge is 2.28. The summed E-state index contributed by atoms with van der Waals surface area (Å²) in [7, 11) is 0.663. The standard InChI is InChI=1S/C22H25F3N4O2S/c1-28(2)20-7-6-14(13-26-20)19-12-16-17(27-15-8-10-32(30,31)11-9-15)4-3-5-18(16)29(19)22(25)21(23)24/h3-7,12-13,15,21-22,27H,8-11H2,1-2H3. The van der Waals surface area contributed by atoms with Crippen LogP contribution in [0.5, 0.6) is 0 Å². The maximum atomic E-state index is 14.7. The fourth-order valence-corrected chi connectivity index (χ4v) is 5.53. The summed E-state index contributed by atoms with van der Waals surface area (Å²) in [6, 6.07) is 10.2. The first kappa shape index (κ1) is 22.4. The van der Waals surface area contributed by atoms with Crippen LogP contribution < -0.4 is 10.2 Å². The lowest BCUT2D eigenvalue weighted by molar-refractivity contribution is 0.0115. The highest BCUT2D eigenvalue weighted by Crippen LogP contribution is 2.38. The fourth-order valence-electron chi connectivity index (χ4n) is 4.03. The van der Waals surface area contributed by atoms with Gasteiger partial charge < -0.3 is 14.8 Å². The highest BCUT2D eigenvalue weighted by molar-refractivity contribution is 7.91. The monoisotopic (exact) mass is 466 g/mol. The minimum absolute atomic E-state index is 0.0618. The molecule has 1 aliphatic heterocycles. The predicted molar refractivity (Wildman–Crippen MR) is 121 cm³/mol. The Labute approximate surface area is 185 Å². The summed E-state index contributed by atoms with van der Waals surface area (Å²) < 4.78 is 66.1. The molecule has 0 amide bonds. The summed E-state index contributed by atoms with van der Waals surface area (Å²) in [5, 5.41) is 3.93. The number of benzene rings is 1. The third-order valence-corrected chi connectivity index (χ3v) is 7.47. The molecule has 3 heterocycles. The second-order valence-corrected chi connectivity index (χ2v) is 10.5. The molecule has 1 aromatic carbocycles. The molecule has 1 atom stereocenters. The van der Waals surface area contributed by atoms with Crippen LogP contribution in [0.1, 0.15) is 19.1 Å². The lowest BCUT2D eigenvalue weighted by Crippen LogP contribution is -2.32. The molecular weight excluding hydrogens is 441 g/mol. The van der Waals surface area contributed by atoms with Gasteiger partial charge in [-0.3, -0.25) is 0 Å². The third kappa shape index (κ3) is 4.41. The molecule has 1 aliphatic rings. The average Bonchev–Trinajstić information content (AvgIpc) is 3.15. The van der Waals surface area contributed by atoms with Crippen LogP contribution in [0, 0.1) is 0 Å². The molecule has 4 rings (SSSR count). The van der Waals surface area contributed by atoms with Crippen LogP contribution in [0.4, 0.5) is 24.7 Å². The van der Waals surface area contributed by atoms with E-state index >= 15 is 0 Å². The summed E-state index contributed by atoms with van der Waals surface area (Å²) in [6.45, 7) is 0. The smallest absolute Gasteiger partial charge is 0.288 e. The van der Waals surface area contributed by atoms with Crippen LogP contribution in [0.15, 0.2) is 42.6 Å². The zero-order chi connectivity index (χ0) is 23.0. The van der Waals surface area contributed by atoms with Gasteiger partial charge in [0.05, 0.1) is 22.7 Å². The van der Waals surface area contributed by atoms with Gasteiger partial charge in [-0.1, -0.05) is 6.07 Å². The normalized spacial score (nSPS) is 17.6. The number of alkyl halides is 3. The molecule has 0 saturated carbocycles. The van der Waals surface area contributed by atoms with Gasteiger partial charge in [0.25, 0.3) is 6.43 Å². The minimum Gasteiger partial charge on any atom is -0.382 e. The van der Waals surface area contributed by atoms with E-state index in [1.54, 1.807) is 36.4 Å². The number of pyridine rings is 1. The lowest BCUT2D eigenvalue weighted by Gasteiger charge is -2.24. The Morgan fingerprint density at radius 1 is 1.12 bits per heavy atom. The Morgan fingerprint density at radius 3 is 2.44 bits per heavy atom. The molecule has 172 valence electrons. The summed E-state index contributed by atoms with van der Waals surface area (Å²) >= 11 is 0. The van der Waals surface area contributed by atoms with Crippen LogP contribution in [0.25, 0.3) is 22.2 Å². The Morgan fingerprint density at radius 2 is 1.84 bits per heavy atom. The topological polar surface area (TPSA) is 67.2 Å². The number of sulfone groups is 1. The number of anilines is 2. The SMILES string of the molecule is CN(C)c1ccc(-c2cc3c(NC4CCS(=O)(=O)CC4)cccc3n2C(F)C(F)F)cn1. The van der Waals surface area contributed by atoms with Crippen molar-refractivity contribution in [2.75, 3.05) is 35.8 Å². The van der Waals surface area contributed by atoms with Gasteiger partial charge in [-0.25, -0.2) is 26.6 Å². The van der Waals surface area contributed by atoms with E-state index in [-0.39, 0.29) is 17.5 Å². The second-order valence-electron chi connectivity index (χ2n) is 8.21. The van der Waals surface area contributed by atoms with Crippen LogP contribution in [0.3, 0.4) is 0 Å². The zero-order valence-electron chi connectivity index (χ0n) is 17.8. The van der Waals surface area contributed by atoms with Crippen molar-refractivity contribution in [2.45, 2.75) is 31.6 Å². The summed E-state index contributed by atoms with van der Waals surface area (Å²) in [4.78, 5) is 6.14. The predicted octanol–water partition coefficient (Wildman–Crippen LogP) is 4.49. The minimum atomic E-state index is -3.20. The van der Waals surface area contributed by atoms with Crippen LogP contribution in [0.2, 0.25) is 0 Å². The van der Waals surface area contributed by atoms with Gasteiger partial charge in [0.1, 0.15) is 15.7 Å². The molecule has 0 spiro atoms. The van der Waals surface area contributed by atoms with Crippen molar-refractivity contribution in [3.8, 4) is 11.3 Å². The summed E-state index contributed by atoms with van der Waals surface area (Å²) in [5.74, 6) is 0.903. The average molecular weight is 467 g/mol. The van der Waals surface area contributed by atoms with Crippen molar-refractivity contribution in [3.05, 3.63) is 42.6 Å². The maximum Gasteiger partial charge on any atom is 0.288 e. The van der Waals surface area contributed by atoms with E-state index in [9.17, 15) is 21.6 Å². The van der Waals surface area contributed by atoms with Gasteiger partial charge in [-0.15, -0.1) is 0 Å². The molecule has 10 heteroatoms. The summed E-state index contributed by atoms with van der Waals surface area (Å²) in [6.07, 6.45) is -3.25. The van der Waals surface area contributed by atoms with Crippen molar-refractivity contribution in [3.63, 3.8) is 0 Å². The van der Waals surface area contributed by atoms with Crippen molar-refractivity contribution >= 4 is 32.2 Å². The van der Waals surface area contributed by atoms with E-state index in [1.807, 2.05) is 19.0 Å². The first-order valence-corrected chi connectivity index (χ1v) is 12.2. The molecule has 0 radical (unpaired) electrons. The van der Waals surface area contributed by atoms with Crippen molar-refractivity contribution in [1.29, 1.82) is 0 Å². The molecule has 0 bridgehead atoms. The zero-order valence-corrected chi connectivity index (χ0v) is 18.6. The van der Waals surface area contributed by atoms with Gasteiger partial charge in [0, 0.05) is 43.0 Å². The number of nitrogens with one attached hydrogen (secondary N) is 1. The van der Waals surface area contributed by atoms with E-state index in [0.29, 0.717) is 46.5 Å². The number of fused-ring (bicyclic) bond motifs is 1. The number of aromatic nitrogens is 2. The maximum absolute atomic E-state index is 14.7. The van der Waals surface area contributed by atoms with Gasteiger partial charge in [0.2, 0.25) is 6.30 Å². The number of hydrogen-bond donors (Lipinski definition) is 1. The fraction of sp³-hybridized carbons (Fsp3) is 0.409. The molecule has 1 fully saturated rings. The van der Waals surface area contributed by atoms with E-state index in [1.165, 1.54) is 6.20 Å². The van der Waals surface area contributed by atoms with E-state index in [4.69, 9.17) is 0 Å². The highest BCUT2D eigenvalue weighted by atomic mass is 32.2. The van der Waals surface area contributed by atoms with E-state index in [2.05, 4.69) is 10.3 Å². The number of hydrogen-bond acceptors (Lipinski definition) is 5. The van der Waals surface area contributed by atoms with E-state index < -0.39 is 22.6 Å². The van der Waals surface area contributed by atoms with Gasteiger partial charge in [-0.05, 0) is 43.2 Å². The van der Waals surface area contributed by atoms with Crippen LogP contribution in [-0.4, -0.2) is 56.0 Å². The number of halogens is 3.